The molecule has 6 rings (SSSR count). The lowest BCUT2D eigenvalue weighted by atomic mass is 10.1. The van der Waals surface area contributed by atoms with Gasteiger partial charge >= 0.3 is 6.03 Å². The van der Waals surface area contributed by atoms with Crippen LogP contribution >= 0.6 is 0 Å². The van der Waals surface area contributed by atoms with Crippen molar-refractivity contribution in [3.8, 4) is 5.75 Å². The molecule has 3 N–H and O–H groups in total. The van der Waals surface area contributed by atoms with E-state index in [1.165, 1.54) is 16.9 Å². The fourth-order valence-electron chi connectivity index (χ4n) is 4.39. The number of aromatic nitrogens is 1. The van der Waals surface area contributed by atoms with E-state index < -0.39 is 29.9 Å². The van der Waals surface area contributed by atoms with Crippen LogP contribution in [0.15, 0.2) is 34.7 Å². The molecule has 0 saturated carbocycles. The molecule has 13 heteroatoms. The molecule has 0 aliphatic carbocycles. The lowest BCUT2D eigenvalue weighted by Crippen LogP contribution is -2.26. The van der Waals surface area contributed by atoms with Gasteiger partial charge in [0.25, 0.3) is 11.8 Å². The second kappa shape index (κ2) is 9.17. The van der Waals surface area contributed by atoms with Crippen molar-refractivity contribution in [1.29, 1.82) is 0 Å². The van der Waals surface area contributed by atoms with E-state index in [0.717, 1.165) is 5.56 Å². The highest BCUT2D eigenvalue weighted by atomic mass is 19.1. The van der Waals surface area contributed by atoms with Crippen molar-refractivity contribution >= 4 is 40.7 Å². The van der Waals surface area contributed by atoms with Gasteiger partial charge in [-0.15, -0.1) is 0 Å². The molecule has 5 amide bonds. The van der Waals surface area contributed by atoms with Gasteiger partial charge in [0, 0.05) is 19.7 Å². The van der Waals surface area contributed by atoms with Crippen molar-refractivity contribution in [2.75, 3.05) is 25.6 Å². The Morgan fingerprint density at radius 1 is 1.19 bits per heavy atom. The monoisotopic (exact) mass is 511 g/mol. The summed E-state index contributed by atoms with van der Waals surface area (Å²) in [6.07, 6.45) is -0.623. The highest BCUT2D eigenvalue weighted by Crippen LogP contribution is 2.30. The zero-order valence-electron chi connectivity index (χ0n) is 19.8. The number of ether oxygens (including phenoxy) is 1. The summed E-state index contributed by atoms with van der Waals surface area (Å²) < 4.78 is 24.0. The van der Waals surface area contributed by atoms with Crippen LogP contribution in [0.2, 0.25) is 0 Å². The number of aliphatic hydroxyl groups is 1. The average Bonchev–Trinajstić information content (AvgIpc) is 3.59. The number of hydrogen-bond acceptors (Lipinski definition) is 8. The predicted molar refractivity (Wildman–Crippen MR) is 125 cm³/mol. The molecule has 2 aromatic heterocycles. The summed E-state index contributed by atoms with van der Waals surface area (Å²) in [6, 6.07) is 6.58. The highest BCUT2D eigenvalue weighted by molar-refractivity contribution is 6.04. The minimum absolute atomic E-state index is 0.0740. The quantitative estimate of drug-likeness (QED) is 0.444. The molecule has 192 valence electrons. The Bertz CT molecular complexity index is 1450. The lowest BCUT2D eigenvalue weighted by molar-refractivity contribution is -0.120. The van der Waals surface area contributed by atoms with Crippen molar-refractivity contribution < 1.29 is 37.8 Å². The predicted octanol–water partition coefficient (Wildman–Crippen LogP) is 1.23. The van der Waals surface area contributed by atoms with Gasteiger partial charge in [0.15, 0.2) is 23.2 Å². The van der Waals surface area contributed by atoms with E-state index in [1.807, 2.05) is 0 Å². The number of aliphatic hydroxyl groups excluding tert-OH is 1. The number of fused-ring (bicyclic) bond motifs is 2. The Balaban J connectivity index is 0.000000171. The molecule has 2 unspecified atom stereocenters. The Morgan fingerprint density at radius 2 is 1.97 bits per heavy atom. The van der Waals surface area contributed by atoms with Crippen molar-refractivity contribution in [2.45, 2.75) is 25.1 Å². The molecule has 2 saturated heterocycles. The molecule has 3 aliphatic heterocycles. The number of furan rings is 1. The van der Waals surface area contributed by atoms with E-state index in [9.17, 15) is 28.7 Å². The van der Waals surface area contributed by atoms with Crippen LogP contribution in [0.5, 0.6) is 5.75 Å². The molecular weight excluding hydrogens is 489 g/mol. The molecule has 0 radical (unpaired) electrons. The number of anilines is 1. The number of pyridine rings is 1. The maximum Gasteiger partial charge on any atom is 0.322 e. The Morgan fingerprint density at radius 3 is 2.62 bits per heavy atom. The molecular formula is C24H22FN5O7. The zero-order valence-corrected chi connectivity index (χ0v) is 19.8. The molecule has 0 spiro atoms. The van der Waals surface area contributed by atoms with Gasteiger partial charge in [-0.2, -0.15) is 0 Å². The Labute approximate surface area is 209 Å². The number of urea groups is 1. The standard InChI is InChI=1S/C14H12N4O5.C10H10FNO2/c19-6-3-11(20)18(5-6)10-2-1-8-7(15-10)4-9(23-8)12-13(21)17-14(22)16-12;1-12-5-6-3-4-7(14-2)9(11)8(6)10(12)13/h1-2,4,6,12,19H,3,5H2,(H2,16,17,21,22);3-4H,5H2,1-2H3. The van der Waals surface area contributed by atoms with Crippen LogP contribution in [-0.2, 0) is 16.1 Å². The number of nitrogens with zero attached hydrogens (tertiary/aromatic N) is 3. The topological polar surface area (TPSA) is 154 Å². The first-order valence-electron chi connectivity index (χ1n) is 11.3. The molecule has 2 fully saturated rings. The van der Waals surface area contributed by atoms with Crippen LogP contribution in [0.1, 0.15) is 34.1 Å². The zero-order chi connectivity index (χ0) is 26.4. The van der Waals surface area contributed by atoms with Gasteiger partial charge < -0.3 is 24.5 Å². The number of carbonyl (C=O) groups is 4. The van der Waals surface area contributed by atoms with Crippen LogP contribution in [0.25, 0.3) is 11.1 Å². The Kier molecular flexibility index (Phi) is 5.99. The summed E-state index contributed by atoms with van der Waals surface area (Å²) in [7, 11) is 3.03. The van der Waals surface area contributed by atoms with E-state index >= 15 is 0 Å². The minimum Gasteiger partial charge on any atom is -0.494 e. The number of methoxy groups -OCH3 is 1. The van der Waals surface area contributed by atoms with Gasteiger partial charge in [-0.1, -0.05) is 6.07 Å². The van der Waals surface area contributed by atoms with E-state index in [4.69, 9.17) is 9.15 Å². The molecule has 37 heavy (non-hydrogen) atoms. The molecule has 0 bridgehead atoms. The number of amides is 5. The first-order valence-corrected chi connectivity index (χ1v) is 11.3. The molecule has 1 aromatic carbocycles. The summed E-state index contributed by atoms with van der Waals surface area (Å²) in [6.45, 7) is 0.665. The molecule has 12 nitrogen and oxygen atoms in total. The van der Waals surface area contributed by atoms with Gasteiger partial charge in [-0.05, 0) is 23.8 Å². The first-order chi connectivity index (χ1) is 17.7. The number of β-amino-alcohol motifs (C(OH)–C–C–N with tert-alkyl or cyclic N) is 1. The number of halogens is 1. The number of imide groups is 1. The molecule has 3 aromatic rings. The third-order valence-electron chi connectivity index (χ3n) is 6.20. The fraction of sp³-hybridized carbons (Fsp3) is 0.292. The van der Waals surface area contributed by atoms with E-state index in [0.29, 0.717) is 23.5 Å². The average molecular weight is 511 g/mol. The van der Waals surface area contributed by atoms with E-state index in [1.54, 1.807) is 37.4 Å². The molecule has 5 heterocycles. The van der Waals surface area contributed by atoms with Gasteiger partial charge in [-0.3, -0.25) is 24.6 Å². The lowest BCUT2D eigenvalue weighted by Gasteiger charge is -2.13. The van der Waals surface area contributed by atoms with Gasteiger partial charge in [-0.25, -0.2) is 14.2 Å². The normalized spacial score (nSPS) is 20.6. The summed E-state index contributed by atoms with van der Waals surface area (Å²) in [4.78, 5) is 53.4. The maximum atomic E-state index is 13.6. The van der Waals surface area contributed by atoms with Crippen molar-refractivity contribution in [2.24, 2.45) is 0 Å². The second-order valence-electron chi connectivity index (χ2n) is 8.74. The maximum absolute atomic E-state index is 13.6. The summed E-state index contributed by atoms with van der Waals surface area (Å²) in [5.41, 5.74) is 1.76. The van der Waals surface area contributed by atoms with Crippen molar-refractivity contribution in [1.82, 2.24) is 20.5 Å². The number of rotatable bonds is 3. The number of carbonyl (C=O) groups excluding carboxylic acids is 4. The first kappa shape index (κ1) is 24.2. The third kappa shape index (κ3) is 4.33. The highest BCUT2D eigenvalue weighted by Gasteiger charge is 2.34. The van der Waals surface area contributed by atoms with Gasteiger partial charge in [0.2, 0.25) is 5.91 Å². The van der Waals surface area contributed by atoms with Crippen LogP contribution in [0.4, 0.5) is 15.0 Å². The SMILES string of the molecule is COc1ccc2c(c1F)C(=O)N(C)C2.O=C1NC(=O)C(c2cc3nc(N4CC(O)CC4=O)ccc3o2)N1. The van der Waals surface area contributed by atoms with E-state index in [-0.39, 0.29) is 41.9 Å². The largest absolute Gasteiger partial charge is 0.494 e. The summed E-state index contributed by atoms with van der Waals surface area (Å²) in [5, 5.41) is 14.1. The van der Waals surface area contributed by atoms with Crippen LogP contribution in [0, 0.1) is 5.82 Å². The molecule has 2 atom stereocenters. The van der Waals surface area contributed by atoms with Crippen molar-refractivity contribution in [3.05, 3.63) is 53.0 Å². The van der Waals surface area contributed by atoms with Crippen LogP contribution < -0.4 is 20.3 Å². The molecule has 3 aliphatic rings. The summed E-state index contributed by atoms with van der Waals surface area (Å²) >= 11 is 0. The van der Waals surface area contributed by atoms with Crippen LogP contribution in [-0.4, -0.2) is 65.5 Å². The van der Waals surface area contributed by atoms with Gasteiger partial charge in [0.05, 0.1) is 31.7 Å². The second-order valence-corrected chi connectivity index (χ2v) is 8.74. The van der Waals surface area contributed by atoms with Crippen molar-refractivity contribution in [3.63, 3.8) is 0 Å². The third-order valence-corrected chi connectivity index (χ3v) is 6.20. The number of nitrogens with one attached hydrogen (secondary N) is 2. The van der Waals surface area contributed by atoms with E-state index in [2.05, 4.69) is 15.6 Å². The fourth-order valence-corrected chi connectivity index (χ4v) is 4.39. The smallest absolute Gasteiger partial charge is 0.322 e. The van der Waals surface area contributed by atoms with Gasteiger partial charge in [0.1, 0.15) is 17.1 Å². The number of hydrogen-bond donors (Lipinski definition) is 3. The number of benzene rings is 1. The summed E-state index contributed by atoms with van der Waals surface area (Å²) in [5.74, 6) is -0.738. The Hall–Kier alpha value is -4.52. The minimum atomic E-state index is -0.893. The van der Waals surface area contributed by atoms with Crippen LogP contribution in [0.3, 0.4) is 0 Å².